The van der Waals surface area contributed by atoms with Crippen LogP contribution in [-0.2, 0) is 29.0 Å². The molecule has 0 atom stereocenters. The molecule has 0 aliphatic carbocycles. The zero-order valence-corrected chi connectivity index (χ0v) is 22.4. The fourth-order valence-corrected chi connectivity index (χ4v) is 4.61. The van der Waals surface area contributed by atoms with Gasteiger partial charge in [0.15, 0.2) is 0 Å². The molecule has 0 unspecified atom stereocenters. The average molecular weight is 518 g/mol. The number of aryl methyl sites for hydroxylation is 1. The minimum absolute atomic E-state index is 0.00824. The Hall–Kier alpha value is -3.42. The Bertz CT molecular complexity index is 1110. The number of carbonyl (C=O) groups is 2. The third kappa shape index (κ3) is 8.30. The minimum atomic E-state index is -0.119. The molecule has 1 aromatic heterocycles. The molecule has 0 saturated carbocycles. The monoisotopic (exact) mass is 517 g/mol. The summed E-state index contributed by atoms with van der Waals surface area (Å²) < 4.78 is 11.0. The van der Waals surface area contributed by atoms with Gasteiger partial charge >= 0.3 is 0 Å². The SMILES string of the molecule is CCCCc1ccc(C(=O)N(CCN2CCOCC2)CC(=O)N(Cc2ccccc2)Cc2ccco2)cc1. The van der Waals surface area contributed by atoms with Gasteiger partial charge in [0, 0.05) is 38.3 Å². The van der Waals surface area contributed by atoms with E-state index in [0.29, 0.717) is 50.7 Å². The van der Waals surface area contributed by atoms with E-state index in [9.17, 15) is 9.59 Å². The van der Waals surface area contributed by atoms with Crippen LogP contribution < -0.4 is 0 Å². The number of amides is 2. The Labute approximate surface area is 226 Å². The number of hydrogen-bond acceptors (Lipinski definition) is 5. The third-order valence-electron chi connectivity index (χ3n) is 6.92. The van der Waals surface area contributed by atoms with Crippen molar-refractivity contribution in [2.75, 3.05) is 45.9 Å². The van der Waals surface area contributed by atoms with Crippen molar-refractivity contribution in [1.82, 2.24) is 14.7 Å². The molecule has 3 aromatic rings. The topological polar surface area (TPSA) is 66.2 Å². The number of benzene rings is 2. The Balaban J connectivity index is 1.50. The number of nitrogens with zero attached hydrogens (tertiary/aromatic N) is 3. The molecule has 2 amide bonds. The molecule has 2 heterocycles. The van der Waals surface area contributed by atoms with Crippen molar-refractivity contribution in [3.63, 3.8) is 0 Å². The van der Waals surface area contributed by atoms with Gasteiger partial charge < -0.3 is 19.0 Å². The van der Waals surface area contributed by atoms with E-state index in [1.54, 1.807) is 16.1 Å². The third-order valence-corrected chi connectivity index (χ3v) is 6.92. The van der Waals surface area contributed by atoms with E-state index in [1.165, 1.54) is 5.56 Å². The highest BCUT2D eigenvalue weighted by molar-refractivity contribution is 5.96. The summed E-state index contributed by atoms with van der Waals surface area (Å²) in [5.41, 5.74) is 2.87. The Morgan fingerprint density at radius 1 is 0.868 bits per heavy atom. The Morgan fingerprint density at radius 2 is 1.63 bits per heavy atom. The van der Waals surface area contributed by atoms with Gasteiger partial charge in [0.1, 0.15) is 12.3 Å². The van der Waals surface area contributed by atoms with E-state index in [1.807, 2.05) is 66.7 Å². The number of hydrogen-bond donors (Lipinski definition) is 0. The van der Waals surface area contributed by atoms with Gasteiger partial charge in [-0.1, -0.05) is 55.8 Å². The second-order valence-corrected chi connectivity index (χ2v) is 9.80. The first-order valence-electron chi connectivity index (χ1n) is 13.6. The quantitative estimate of drug-likeness (QED) is 0.331. The van der Waals surface area contributed by atoms with Crippen LogP contribution in [0.1, 0.15) is 47.0 Å². The largest absolute Gasteiger partial charge is 0.467 e. The van der Waals surface area contributed by atoms with Crippen molar-refractivity contribution in [2.45, 2.75) is 39.3 Å². The molecule has 7 nitrogen and oxygen atoms in total. The van der Waals surface area contributed by atoms with Gasteiger partial charge in [-0.05, 0) is 48.2 Å². The second-order valence-electron chi connectivity index (χ2n) is 9.80. The van der Waals surface area contributed by atoms with Gasteiger partial charge in [-0.25, -0.2) is 0 Å². The summed E-state index contributed by atoms with van der Waals surface area (Å²) in [6.07, 6.45) is 4.88. The van der Waals surface area contributed by atoms with E-state index >= 15 is 0 Å². The molecule has 7 heteroatoms. The summed E-state index contributed by atoms with van der Waals surface area (Å²) >= 11 is 0. The normalized spacial score (nSPS) is 13.8. The summed E-state index contributed by atoms with van der Waals surface area (Å²) in [5.74, 6) is 0.481. The fraction of sp³-hybridized carbons (Fsp3) is 0.419. The molecule has 202 valence electrons. The van der Waals surface area contributed by atoms with Crippen LogP contribution in [0.2, 0.25) is 0 Å². The van der Waals surface area contributed by atoms with Crippen molar-refractivity contribution in [3.8, 4) is 0 Å². The van der Waals surface area contributed by atoms with Crippen molar-refractivity contribution in [2.24, 2.45) is 0 Å². The number of morpholine rings is 1. The molecule has 1 aliphatic rings. The lowest BCUT2D eigenvalue weighted by Crippen LogP contribution is -2.47. The molecule has 1 fully saturated rings. The Morgan fingerprint density at radius 3 is 2.32 bits per heavy atom. The number of furan rings is 1. The molecule has 38 heavy (non-hydrogen) atoms. The highest BCUT2D eigenvalue weighted by Gasteiger charge is 2.24. The molecule has 1 aliphatic heterocycles. The van der Waals surface area contributed by atoms with Gasteiger partial charge in [-0.2, -0.15) is 0 Å². The van der Waals surface area contributed by atoms with Crippen LogP contribution in [0.5, 0.6) is 0 Å². The standard InChI is InChI=1S/C31H39N3O4/c1-2-3-8-26-12-14-28(15-13-26)31(36)33(17-16-32-18-21-37-22-19-32)25-30(35)34(24-29-11-7-20-38-29)23-27-9-5-4-6-10-27/h4-7,9-15,20H,2-3,8,16-19,21-25H2,1H3. The van der Waals surface area contributed by atoms with Crippen molar-refractivity contribution in [1.29, 1.82) is 0 Å². The Kier molecular flexibility index (Phi) is 10.5. The van der Waals surface area contributed by atoms with Crippen LogP contribution >= 0.6 is 0 Å². The highest BCUT2D eigenvalue weighted by Crippen LogP contribution is 2.14. The molecule has 4 rings (SSSR count). The van der Waals surface area contributed by atoms with Crippen molar-refractivity contribution >= 4 is 11.8 Å². The second kappa shape index (κ2) is 14.5. The smallest absolute Gasteiger partial charge is 0.254 e. The summed E-state index contributed by atoms with van der Waals surface area (Å²) in [4.78, 5) is 33.1. The molecule has 0 radical (unpaired) electrons. The first-order valence-corrected chi connectivity index (χ1v) is 13.6. The zero-order chi connectivity index (χ0) is 26.6. The van der Waals surface area contributed by atoms with Gasteiger partial charge in [0.05, 0.1) is 26.0 Å². The maximum absolute atomic E-state index is 13.7. The molecule has 1 saturated heterocycles. The number of ether oxygens (including phenoxy) is 1. The summed E-state index contributed by atoms with van der Waals surface area (Å²) in [7, 11) is 0. The van der Waals surface area contributed by atoms with Crippen LogP contribution in [0.15, 0.2) is 77.4 Å². The molecule has 0 N–H and O–H groups in total. The predicted octanol–water partition coefficient (Wildman–Crippen LogP) is 4.63. The van der Waals surface area contributed by atoms with E-state index < -0.39 is 0 Å². The lowest BCUT2D eigenvalue weighted by molar-refractivity contribution is -0.133. The minimum Gasteiger partial charge on any atom is -0.467 e. The van der Waals surface area contributed by atoms with E-state index in [-0.39, 0.29) is 18.4 Å². The van der Waals surface area contributed by atoms with Crippen LogP contribution in [0, 0.1) is 0 Å². The van der Waals surface area contributed by atoms with Crippen molar-refractivity contribution < 1.29 is 18.7 Å². The summed E-state index contributed by atoms with van der Waals surface area (Å²) in [6.45, 7) is 7.20. The van der Waals surface area contributed by atoms with Crippen LogP contribution in [0.25, 0.3) is 0 Å². The first kappa shape index (κ1) is 27.6. The molecule has 2 aromatic carbocycles. The highest BCUT2D eigenvalue weighted by atomic mass is 16.5. The van der Waals surface area contributed by atoms with Gasteiger partial charge in [0.2, 0.25) is 5.91 Å². The molecule has 0 bridgehead atoms. The van der Waals surface area contributed by atoms with E-state index in [0.717, 1.165) is 37.9 Å². The molecular weight excluding hydrogens is 478 g/mol. The van der Waals surface area contributed by atoms with Crippen LogP contribution in [0.3, 0.4) is 0 Å². The van der Waals surface area contributed by atoms with Gasteiger partial charge in [-0.3, -0.25) is 14.5 Å². The molecular formula is C31H39N3O4. The average Bonchev–Trinajstić information content (AvgIpc) is 3.48. The van der Waals surface area contributed by atoms with Gasteiger partial charge in [-0.15, -0.1) is 0 Å². The van der Waals surface area contributed by atoms with Gasteiger partial charge in [0.25, 0.3) is 5.91 Å². The predicted molar refractivity (Wildman–Crippen MR) is 148 cm³/mol. The van der Waals surface area contributed by atoms with E-state index in [4.69, 9.17) is 9.15 Å². The maximum Gasteiger partial charge on any atom is 0.254 e. The number of carbonyl (C=O) groups excluding carboxylic acids is 2. The fourth-order valence-electron chi connectivity index (χ4n) is 4.61. The summed E-state index contributed by atoms with van der Waals surface area (Å²) in [6, 6.07) is 21.4. The van der Waals surface area contributed by atoms with Crippen LogP contribution in [-0.4, -0.2) is 72.5 Å². The lowest BCUT2D eigenvalue weighted by atomic mass is 10.1. The maximum atomic E-state index is 13.7. The molecule has 0 spiro atoms. The summed E-state index contributed by atoms with van der Waals surface area (Å²) in [5, 5.41) is 0. The number of unbranched alkanes of at least 4 members (excludes halogenated alkanes) is 1. The zero-order valence-electron chi connectivity index (χ0n) is 22.4. The first-order chi connectivity index (χ1) is 18.6. The van der Waals surface area contributed by atoms with Crippen molar-refractivity contribution in [3.05, 3.63) is 95.4 Å². The lowest BCUT2D eigenvalue weighted by Gasteiger charge is -2.31. The number of rotatable bonds is 13. The van der Waals surface area contributed by atoms with Crippen LogP contribution in [0.4, 0.5) is 0 Å². The van der Waals surface area contributed by atoms with E-state index in [2.05, 4.69) is 11.8 Å².